The first-order valence-corrected chi connectivity index (χ1v) is 17.4. The van der Waals surface area contributed by atoms with Gasteiger partial charge in [0, 0.05) is 45.0 Å². The molecule has 16 nitrogen and oxygen atoms in total. The molecule has 1 aliphatic carbocycles. The van der Waals surface area contributed by atoms with Gasteiger partial charge in [0.2, 0.25) is 11.9 Å². The molecule has 1 aromatic carbocycles. The van der Waals surface area contributed by atoms with Crippen molar-refractivity contribution < 1.29 is 43.9 Å². The first-order chi connectivity index (χ1) is 21.7. The molecule has 1 saturated heterocycles. The van der Waals surface area contributed by atoms with E-state index in [-0.39, 0.29) is 24.6 Å². The summed E-state index contributed by atoms with van der Waals surface area (Å²) in [5, 5.41) is 3.39. The monoisotopic (exact) mass is 682 g/mol. The maximum Gasteiger partial charge on any atom is 0.415 e. The molecule has 3 aliphatic rings. The third kappa shape index (κ3) is 9.91. The molecule has 2 fully saturated rings. The van der Waals surface area contributed by atoms with Crippen LogP contribution in [0.1, 0.15) is 61.9 Å². The minimum atomic E-state index is -5.12. The first kappa shape index (κ1) is 35.2. The molecule has 0 unspecified atom stereocenters. The summed E-state index contributed by atoms with van der Waals surface area (Å²) >= 11 is 0. The van der Waals surface area contributed by atoms with Crippen LogP contribution in [0.5, 0.6) is 0 Å². The molecule has 3 heterocycles. The van der Waals surface area contributed by atoms with E-state index in [1.807, 2.05) is 11.8 Å². The van der Waals surface area contributed by atoms with Gasteiger partial charge in [-0.05, 0) is 43.4 Å². The number of ether oxygens (including phenoxy) is 1. The Morgan fingerprint density at radius 3 is 2.24 bits per heavy atom. The number of carbonyl (C=O) groups is 2. The normalized spacial score (nSPS) is 18.4. The zero-order valence-corrected chi connectivity index (χ0v) is 27.1. The Hall–Kier alpha value is -3.68. The summed E-state index contributed by atoms with van der Waals surface area (Å²) in [6.07, 6.45) is 6.56. The van der Waals surface area contributed by atoms with Gasteiger partial charge in [-0.1, -0.05) is 43.7 Å². The number of aromatic nitrogens is 2. The Bertz CT molecular complexity index is 1600. The van der Waals surface area contributed by atoms with Crippen LogP contribution >= 0.6 is 0 Å². The Balaban J connectivity index is 0.000000468. The average Bonchev–Trinajstić information content (AvgIpc) is 3.82. The van der Waals surface area contributed by atoms with E-state index in [1.165, 1.54) is 35.8 Å². The van der Waals surface area contributed by atoms with Gasteiger partial charge in [-0.25, -0.2) is 9.78 Å². The molecule has 3 N–H and O–H groups in total. The number of rotatable bonds is 11. The standard InChI is InChI=1S/C28H36N6O3.H2O7S2/c1-4-25(35)33-14-12-32(13-15-33)24(16-20-6-7-20)22-10-8-21(9-11-22)19(3)30-27-29-17-23-18-37-28(36)34(5-2)26(23)31-27;1-8(2,3)7-9(4,5)6/h4,8-11,17,19-20,24H,1,5-7,12-16,18H2,2-3H3,(H,29,30,31);(H,1,2,3)(H,4,5,6)/t19-,24-;/m0./s1. The Kier molecular flexibility index (Phi) is 11.3. The lowest BCUT2D eigenvalue weighted by atomic mass is 9.96. The predicted octanol–water partition coefficient (Wildman–Crippen LogP) is 2.91. The summed E-state index contributed by atoms with van der Waals surface area (Å²) in [5.41, 5.74) is 3.28. The molecule has 1 saturated carbocycles. The number of hydrogen-bond donors (Lipinski definition) is 3. The minimum absolute atomic E-state index is 0.00642. The maximum atomic E-state index is 12.1. The average molecular weight is 683 g/mol. The van der Waals surface area contributed by atoms with Gasteiger partial charge >= 0.3 is 26.9 Å². The molecule has 46 heavy (non-hydrogen) atoms. The van der Waals surface area contributed by atoms with Gasteiger partial charge < -0.3 is 15.0 Å². The quantitative estimate of drug-likeness (QED) is 0.230. The van der Waals surface area contributed by atoms with E-state index >= 15 is 0 Å². The van der Waals surface area contributed by atoms with Crippen molar-refractivity contribution in [1.29, 1.82) is 0 Å². The van der Waals surface area contributed by atoms with Gasteiger partial charge in [0.25, 0.3) is 0 Å². The number of hydrogen-bond acceptors (Lipinski definition) is 12. The number of carbonyl (C=O) groups excluding carboxylic acids is 2. The van der Waals surface area contributed by atoms with Crippen LogP contribution in [0.15, 0.2) is 43.1 Å². The molecule has 2 amide bonds. The lowest BCUT2D eigenvalue weighted by molar-refractivity contribution is -0.128. The summed E-state index contributed by atoms with van der Waals surface area (Å²) in [6.45, 7) is 11.6. The van der Waals surface area contributed by atoms with Gasteiger partial charge in [0.1, 0.15) is 12.4 Å². The minimum Gasteiger partial charge on any atom is -0.444 e. The van der Waals surface area contributed by atoms with Crippen LogP contribution in [0.2, 0.25) is 0 Å². The van der Waals surface area contributed by atoms with E-state index in [4.69, 9.17) is 13.8 Å². The second kappa shape index (κ2) is 14.8. The van der Waals surface area contributed by atoms with Crippen LogP contribution in [-0.2, 0) is 40.6 Å². The smallest absolute Gasteiger partial charge is 0.415 e. The van der Waals surface area contributed by atoms with E-state index in [0.29, 0.717) is 24.4 Å². The largest absolute Gasteiger partial charge is 0.444 e. The highest BCUT2D eigenvalue weighted by atomic mass is 32.3. The van der Waals surface area contributed by atoms with E-state index in [1.54, 1.807) is 6.20 Å². The highest BCUT2D eigenvalue weighted by molar-refractivity contribution is 7.94. The number of amides is 2. The Labute approximate surface area is 268 Å². The van der Waals surface area contributed by atoms with Crippen molar-refractivity contribution in [3.63, 3.8) is 0 Å². The zero-order chi connectivity index (χ0) is 33.6. The molecule has 2 aliphatic heterocycles. The Morgan fingerprint density at radius 1 is 1.11 bits per heavy atom. The summed E-state index contributed by atoms with van der Waals surface area (Å²) in [5.74, 6) is 1.92. The van der Waals surface area contributed by atoms with Gasteiger partial charge in [-0.3, -0.25) is 23.7 Å². The number of anilines is 2. The van der Waals surface area contributed by atoms with E-state index < -0.39 is 20.8 Å². The van der Waals surface area contributed by atoms with E-state index in [0.717, 1.165) is 43.2 Å². The lowest BCUT2D eigenvalue weighted by Crippen LogP contribution is -2.49. The third-order valence-electron chi connectivity index (χ3n) is 7.82. The lowest BCUT2D eigenvalue weighted by Gasteiger charge is -2.39. The maximum absolute atomic E-state index is 12.1. The summed E-state index contributed by atoms with van der Waals surface area (Å²) < 4.78 is 60.8. The number of nitrogens with zero attached hydrogens (tertiary/aromatic N) is 5. The van der Waals surface area contributed by atoms with E-state index in [9.17, 15) is 26.4 Å². The highest BCUT2D eigenvalue weighted by Gasteiger charge is 2.32. The third-order valence-corrected chi connectivity index (χ3v) is 9.19. The highest BCUT2D eigenvalue weighted by Crippen LogP contribution is 2.40. The molecule has 5 rings (SSSR count). The molecule has 0 bridgehead atoms. The van der Waals surface area contributed by atoms with Crippen molar-refractivity contribution in [3.05, 3.63) is 59.8 Å². The van der Waals surface area contributed by atoms with Gasteiger partial charge in [0.15, 0.2) is 0 Å². The van der Waals surface area contributed by atoms with Crippen molar-refractivity contribution in [2.45, 2.75) is 51.8 Å². The molecular weight excluding hydrogens is 644 g/mol. The number of cyclic esters (lactones) is 1. The van der Waals surface area contributed by atoms with Crippen molar-refractivity contribution in [1.82, 2.24) is 19.8 Å². The first-order valence-electron chi connectivity index (χ1n) is 14.6. The molecule has 0 spiro atoms. The second-order valence-electron chi connectivity index (χ2n) is 11.1. The second-order valence-corrected chi connectivity index (χ2v) is 13.3. The molecule has 18 heteroatoms. The van der Waals surface area contributed by atoms with Crippen LogP contribution in [0.25, 0.3) is 0 Å². The van der Waals surface area contributed by atoms with Crippen LogP contribution in [-0.4, -0.2) is 90.4 Å². The van der Waals surface area contributed by atoms with Crippen LogP contribution in [0.4, 0.5) is 16.6 Å². The SMILES string of the molecule is C=CC(=O)N1CCN([C@@H](CC2CC2)c2ccc([C@H](C)Nc3ncc4c(n3)N(CC)C(=O)OC4)cc2)CC1.O=S(=O)(O)OS(=O)(=O)O. The fourth-order valence-corrected chi connectivity index (χ4v) is 6.20. The summed E-state index contributed by atoms with van der Waals surface area (Å²) in [6, 6.07) is 9.20. The summed E-state index contributed by atoms with van der Waals surface area (Å²) in [4.78, 5) is 39.1. The van der Waals surface area contributed by atoms with Crippen LogP contribution in [0, 0.1) is 5.92 Å². The molecule has 0 radical (unpaired) electrons. The topological polar surface area (TPSA) is 209 Å². The number of piperazine rings is 1. The van der Waals surface area contributed by atoms with Gasteiger partial charge in [0.05, 0.1) is 11.6 Å². The fourth-order valence-electron chi connectivity index (χ4n) is 5.33. The van der Waals surface area contributed by atoms with Crippen molar-refractivity contribution >= 4 is 44.6 Å². The number of fused-ring (bicyclic) bond motifs is 1. The van der Waals surface area contributed by atoms with Crippen molar-refractivity contribution in [2.24, 2.45) is 5.92 Å². The summed E-state index contributed by atoms with van der Waals surface area (Å²) in [7, 11) is -10.2. The Morgan fingerprint density at radius 2 is 1.72 bits per heavy atom. The van der Waals surface area contributed by atoms with Gasteiger partial charge in [-0.15, -0.1) is 3.63 Å². The molecule has 1 aromatic heterocycles. The molecule has 252 valence electrons. The predicted molar refractivity (Wildman–Crippen MR) is 166 cm³/mol. The van der Waals surface area contributed by atoms with Crippen LogP contribution in [0.3, 0.4) is 0 Å². The van der Waals surface area contributed by atoms with Crippen LogP contribution < -0.4 is 10.2 Å². The van der Waals surface area contributed by atoms with Crippen molar-refractivity contribution in [2.75, 3.05) is 42.9 Å². The molecule has 2 atom stereocenters. The molecule has 2 aromatic rings. The number of benzene rings is 1. The zero-order valence-electron chi connectivity index (χ0n) is 25.5. The molecular formula is C28H38N6O10S2. The number of nitrogens with one attached hydrogen (secondary N) is 1. The van der Waals surface area contributed by atoms with E-state index in [2.05, 4.69) is 61.6 Å². The van der Waals surface area contributed by atoms with Crippen molar-refractivity contribution in [3.8, 4) is 0 Å². The fraction of sp³-hybridized carbons (Fsp3) is 0.500. The van der Waals surface area contributed by atoms with Gasteiger partial charge in [-0.2, -0.15) is 21.8 Å².